The summed E-state index contributed by atoms with van der Waals surface area (Å²) in [5.41, 5.74) is 1.50. The number of likely N-dealkylation sites (tertiary alicyclic amines) is 1. The van der Waals surface area contributed by atoms with Crippen LogP contribution in [-0.4, -0.2) is 39.8 Å². The first-order chi connectivity index (χ1) is 8.94. The molecule has 0 saturated carbocycles. The molecule has 3 heterocycles. The van der Waals surface area contributed by atoms with Crippen molar-refractivity contribution in [2.24, 2.45) is 0 Å². The number of aromatic nitrogens is 2. The molecule has 0 aromatic carbocycles. The summed E-state index contributed by atoms with van der Waals surface area (Å²) >= 11 is 5.80. The van der Waals surface area contributed by atoms with Crippen molar-refractivity contribution in [1.82, 2.24) is 14.9 Å². The molecule has 0 bridgehead atoms. The molecular weight excluding hydrogens is 276 g/mol. The Morgan fingerprint density at radius 3 is 2.95 bits per heavy atom. The summed E-state index contributed by atoms with van der Waals surface area (Å²) in [5.74, 6) is -3.04. The molecule has 0 spiro atoms. The second kappa shape index (κ2) is 4.16. The van der Waals surface area contributed by atoms with E-state index >= 15 is 0 Å². The van der Waals surface area contributed by atoms with Crippen LogP contribution in [0.3, 0.4) is 0 Å². The van der Waals surface area contributed by atoms with Crippen LogP contribution in [0.1, 0.15) is 5.56 Å². The molecule has 1 aliphatic rings. The summed E-state index contributed by atoms with van der Waals surface area (Å²) < 4.78 is 25.4. The van der Waals surface area contributed by atoms with Crippen LogP contribution in [0, 0.1) is 0 Å². The third kappa shape index (κ3) is 2.28. The van der Waals surface area contributed by atoms with Crippen LogP contribution in [0.15, 0.2) is 18.5 Å². The Kier molecular flexibility index (Phi) is 2.70. The lowest BCUT2D eigenvalue weighted by atomic mass is 10.1. The molecule has 1 aliphatic heterocycles. The second-order valence-electron chi connectivity index (χ2n) is 4.65. The molecule has 1 amide bonds. The maximum Gasteiger partial charge on any atom is 0.282 e. The van der Waals surface area contributed by atoms with Gasteiger partial charge in [-0.15, -0.1) is 0 Å². The van der Waals surface area contributed by atoms with Crippen molar-refractivity contribution in [2.45, 2.75) is 12.3 Å². The van der Waals surface area contributed by atoms with Gasteiger partial charge >= 0.3 is 0 Å². The average molecular weight is 286 g/mol. The summed E-state index contributed by atoms with van der Waals surface area (Å²) in [6.45, 7) is -0.979. The SMILES string of the molecule is O=C(Cc1c[nH]c2cnc(Cl)cc12)N1CC(F)(F)C1. The first-order valence-electron chi connectivity index (χ1n) is 5.72. The van der Waals surface area contributed by atoms with Gasteiger partial charge in [0.2, 0.25) is 5.91 Å². The van der Waals surface area contributed by atoms with Crippen LogP contribution < -0.4 is 0 Å². The van der Waals surface area contributed by atoms with Crippen molar-refractivity contribution < 1.29 is 13.6 Å². The standard InChI is InChI=1S/C12H10ClF2N3O/c13-10-2-8-7(3-16-9(8)4-17-10)1-11(19)18-5-12(14,15)6-18/h2-4,16H,1,5-6H2. The molecule has 100 valence electrons. The second-order valence-corrected chi connectivity index (χ2v) is 5.04. The topological polar surface area (TPSA) is 49.0 Å². The minimum absolute atomic E-state index is 0.0798. The number of pyridine rings is 1. The monoisotopic (exact) mass is 285 g/mol. The van der Waals surface area contributed by atoms with Gasteiger partial charge in [-0.05, 0) is 11.6 Å². The van der Waals surface area contributed by atoms with Crippen LogP contribution in [0.2, 0.25) is 5.15 Å². The smallest absolute Gasteiger partial charge is 0.282 e. The van der Waals surface area contributed by atoms with Crippen LogP contribution in [0.5, 0.6) is 0 Å². The van der Waals surface area contributed by atoms with Gasteiger partial charge in [-0.25, -0.2) is 13.8 Å². The zero-order valence-electron chi connectivity index (χ0n) is 9.79. The summed E-state index contributed by atoms with van der Waals surface area (Å²) in [6.07, 6.45) is 3.33. The van der Waals surface area contributed by atoms with E-state index in [1.165, 1.54) is 0 Å². The van der Waals surface area contributed by atoms with Gasteiger partial charge in [0.15, 0.2) is 0 Å². The molecule has 0 atom stereocenters. The lowest BCUT2D eigenvalue weighted by molar-refractivity contribution is -0.165. The Bertz CT molecular complexity index is 647. The van der Waals surface area contributed by atoms with E-state index < -0.39 is 19.0 Å². The Balaban J connectivity index is 1.78. The van der Waals surface area contributed by atoms with Crippen molar-refractivity contribution >= 4 is 28.4 Å². The van der Waals surface area contributed by atoms with Crippen molar-refractivity contribution in [3.8, 4) is 0 Å². The van der Waals surface area contributed by atoms with Gasteiger partial charge < -0.3 is 9.88 Å². The van der Waals surface area contributed by atoms with Crippen molar-refractivity contribution in [3.63, 3.8) is 0 Å². The van der Waals surface area contributed by atoms with Crippen molar-refractivity contribution in [3.05, 3.63) is 29.2 Å². The van der Waals surface area contributed by atoms with E-state index in [9.17, 15) is 13.6 Å². The maximum absolute atomic E-state index is 12.7. The lowest BCUT2D eigenvalue weighted by Crippen LogP contribution is -2.58. The molecule has 2 aromatic rings. The van der Waals surface area contributed by atoms with Crippen molar-refractivity contribution in [2.75, 3.05) is 13.1 Å². The van der Waals surface area contributed by atoms with Gasteiger partial charge in [0.25, 0.3) is 5.92 Å². The number of carbonyl (C=O) groups is 1. The number of halogens is 3. The first kappa shape index (κ1) is 12.3. The van der Waals surface area contributed by atoms with Crippen LogP contribution in [0.4, 0.5) is 8.78 Å². The predicted molar refractivity (Wildman–Crippen MR) is 66.3 cm³/mol. The number of fused-ring (bicyclic) bond motifs is 1. The highest BCUT2D eigenvalue weighted by molar-refractivity contribution is 6.30. The molecule has 1 N–H and O–H groups in total. The molecule has 3 rings (SSSR count). The Morgan fingerprint density at radius 2 is 2.26 bits per heavy atom. The molecule has 1 saturated heterocycles. The average Bonchev–Trinajstić information content (AvgIpc) is 2.68. The molecule has 0 radical (unpaired) electrons. The van der Waals surface area contributed by atoms with Crippen LogP contribution >= 0.6 is 11.6 Å². The molecule has 4 nitrogen and oxygen atoms in total. The molecule has 0 unspecified atom stereocenters. The number of nitrogens with one attached hydrogen (secondary N) is 1. The number of hydrogen-bond donors (Lipinski definition) is 1. The fraction of sp³-hybridized carbons (Fsp3) is 0.333. The van der Waals surface area contributed by atoms with E-state index in [2.05, 4.69) is 9.97 Å². The third-order valence-electron chi connectivity index (χ3n) is 3.16. The van der Waals surface area contributed by atoms with E-state index in [0.29, 0.717) is 5.15 Å². The number of carbonyl (C=O) groups excluding carboxylic acids is 1. The molecule has 7 heteroatoms. The normalized spacial score (nSPS) is 17.5. The van der Waals surface area contributed by atoms with E-state index in [1.54, 1.807) is 18.5 Å². The Labute approximate surface area is 112 Å². The summed E-state index contributed by atoms with van der Waals surface area (Å²) in [4.78, 5) is 19.9. The fourth-order valence-electron chi connectivity index (χ4n) is 2.16. The fourth-order valence-corrected chi connectivity index (χ4v) is 2.32. The number of amides is 1. The third-order valence-corrected chi connectivity index (χ3v) is 3.36. The predicted octanol–water partition coefficient (Wildman–Crippen LogP) is 2.24. The molecule has 0 aliphatic carbocycles. The summed E-state index contributed by atoms with van der Waals surface area (Å²) in [7, 11) is 0. The van der Waals surface area contributed by atoms with Crippen LogP contribution in [-0.2, 0) is 11.2 Å². The van der Waals surface area contributed by atoms with E-state index in [-0.39, 0.29) is 12.3 Å². The van der Waals surface area contributed by atoms with Crippen LogP contribution in [0.25, 0.3) is 10.9 Å². The number of hydrogen-bond acceptors (Lipinski definition) is 2. The largest absolute Gasteiger partial charge is 0.360 e. The quantitative estimate of drug-likeness (QED) is 0.860. The van der Waals surface area contributed by atoms with Gasteiger partial charge in [-0.1, -0.05) is 11.6 Å². The number of nitrogens with zero attached hydrogens (tertiary/aromatic N) is 2. The lowest BCUT2D eigenvalue weighted by Gasteiger charge is -2.38. The van der Waals surface area contributed by atoms with Gasteiger partial charge in [0, 0.05) is 11.6 Å². The van der Waals surface area contributed by atoms with Gasteiger partial charge in [0.1, 0.15) is 5.15 Å². The highest BCUT2D eigenvalue weighted by Crippen LogP contribution is 2.28. The highest BCUT2D eigenvalue weighted by atomic mass is 35.5. The van der Waals surface area contributed by atoms with Gasteiger partial charge in [0.05, 0.1) is 31.2 Å². The molecule has 2 aromatic heterocycles. The van der Waals surface area contributed by atoms with Gasteiger partial charge in [-0.2, -0.15) is 0 Å². The number of rotatable bonds is 2. The van der Waals surface area contributed by atoms with Gasteiger partial charge in [-0.3, -0.25) is 4.79 Å². The molecular formula is C12H10ClF2N3O. The minimum atomic E-state index is -2.73. The zero-order chi connectivity index (χ0) is 13.6. The number of H-pyrrole nitrogens is 1. The first-order valence-corrected chi connectivity index (χ1v) is 6.09. The molecule has 19 heavy (non-hydrogen) atoms. The van der Waals surface area contributed by atoms with Crippen molar-refractivity contribution in [1.29, 1.82) is 0 Å². The maximum atomic E-state index is 12.7. The number of aromatic amines is 1. The Morgan fingerprint density at radius 1 is 1.53 bits per heavy atom. The Hall–Kier alpha value is -1.69. The summed E-state index contributed by atoms with van der Waals surface area (Å²) in [5, 5.41) is 1.12. The zero-order valence-corrected chi connectivity index (χ0v) is 10.5. The minimum Gasteiger partial charge on any atom is -0.360 e. The van der Waals surface area contributed by atoms with E-state index in [1.807, 2.05) is 0 Å². The highest BCUT2D eigenvalue weighted by Gasteiger charge is 2.45. The summed E-state index contributed by atoms with van der Waals surface area (Å²) in [6, 6.07) is 1.65. The molecule has 1 fully saturated rings. The number of alkyl halides is 2. The van der Waals surface area contributed by atoms with E-state index in [0.717, 1.165) is 21.4 Å². The van der Waals surface area contributed by atoms with E-state index in [4.69, 9.17) is 11.6 Å².